The fourth-order valence-electron chi connectivity index (χ4n) is 3.68. The molecule has 0 aliphatic carbocycles. The number of carbonyl (C=O) groups excluding carboxylic acids is 2. The molecule has 172 valence electrons. The minimum atomic E-state index is -3.80. The third kappa shape index (κ3) is 5.26. The van der Waals surface area contributed by atoms with Gasteiger partial charge in [0.1, 0.15) is 5.82 Å². The summed E-state index contributed by atoms with van der Waals surface area (Å²) >= 11 is 0. The van der Waals surface area contributed by atoms with Crippen LogP contribution in [0.25, 0.3) is 5.69 Å². The molecule has 2 amide bonds. The van der Waals surface area contributed by atoms with Gasteiger partial charge >= 0.3 is 0 Å². The van der Waals surface area contributed by atoms with Crippen LogP contribution in [0.5, 0.6) is 0 Å². The molecule has 9 nitrogen and oxygen atoms in total. The van der Waals surface area contributed by atoms with E-state index in [-0.39, 0.29) is 28.3 Å². The number of hydrogen-bond donors (Lipinski definition) is 2. The van der Waals surface area contributed by atoms with E-state index in [4.69, 9.17) is 5.14 Å². The van der Waals surface area contributed by atoms with Crippen molar-refractivity contribution in [3.05, 3.63) is 72.3 Å². The Morgan fingerprint density at radius 3 is 2.39 bits per heavy atom. The van der Waals surface area contributed by atoms with Crippen molar-refractivity contribution >= 4 is 27.5 Å². The van der Waals surface area contributed by atoms with E-state index in [9.17, 15) is 22.4 Å². The third-order valence-corrected chi connectivity index (χ3v) is 6.41. The number of piperidine rings is 1. The van der Waals surface area contributed by atoms with Crippen LogP contribution in [0.4, 0.5) is 10.1 Å². The molecule has 1 fully saturated rings. The summed E-state index contributed by atoms with van der Waals surface area (Å²) in [5.41, 5.74) is 1.23. The van der Waals surface area contributed by atoms with E-state index in [1.807, 2.05) is 0 Å². The minimum absolute atomic E-state index is 0.0350. The van der Waals surface area contributed by atoms with Gasteiger partial charge in [-0.05, 0) is 61.4 Å². The predicted octanol–water partition coefficient (Wildman–Crippen LogP) is 2.15. The highest BCUT2D eigenvalue weighted by Gasteiger charge is 2.29. The largest absolute Gasteiger partial charge is 0.337 e. The highest BCUT2D eigenvalue weighted by molar-refractivity contribution is 7.89. The van der Waals surface area contributed by atoms with Crippen LogP contribution in [0, 0.1) is 11.7 Å². The summed E-state index contributed by atoms with van der Waals surface area (Å²) in [5, 5.41) is 12.1. The van der Waals surface area contributed by atoms with Gasteiger partial charge in [-0.25, -0.2) is 22.6 Å². The summed E-state index contributed by atoms with van der Waals surface area (Å²) in [4.78, 5) is 27.0. The molecule has 0 saturated carbocycles. The zero-order valence-corrected chi connectivity index (χ0v) is 18.3. The van der Waals surface area contributed by atoms with Crippen LogP contribution < -0.4 is 10.5 Å². The van der Waals surface area contributed by atoms with Gasteiger partial charge < -0.3 is 10.2 Å². The Morgan fingerprint density at radius 2 is 1.76 bits per heavy atom. The number of amides is 2. The second-order valence-electron chi connectivity index (χ2n) is 7.75. The van der Waals surface area contributed by atoms with Crippen LogP contribution in [0.2, 0.25) is 0 Å². The fourth-order valence-corrected chi connectivity index (χ4v) is 4.19. The van der Waals surface area contributed by atoms with Crippen molar-refractivity contribution in [2.45, 2.75) is 17.7 Å². The molecule has 1 saturated heterocycles. The van der Waals surface area contributed by atoms with Crippen LogP contribution in [-0.2, 0) is 14.8 Å². The van der Waals surface area contributed by atoms with E-state index in [2.05, 4.69) is 10.4 Å². The maximum Gasteiger partial charge on any atom is 0.274 e. The van der Waals surface area contributed by atoms with Crippen molar-refractivity contribution < 1.29 is 22.4 Å². The lowest BCUT2D eigenvalue weighted by atomic mass is 9.95. The summed E-state index contributed by atoms with van der Waals surface area (Å²) in [6.45, 7) is 0.794. The zero-order chi connectivity index (χ0) is 23.6. The number of benzene rings is 2. The van der Waals surface area contributed by atoms with Crippen LogP contribution in [0.3, 0.4) is 0 Å². The van der Waals surface area contributed by atoms with E-state index in [1.165, 1.54) is 41.1 Å². The molecule has 1 aliphatic heterocycles. The first kappa shape index (κ1) is 22.6. The van der Waals surface area contributed by atoms with Crippen molar-refractivity contribution in [3.8, 4) is 5.69 Å². The Kier molecular flexibility index (Phi) is 6.25. The van der Waals surface area contributed by atoms with Crippen molar-refractivity contribution in [2.75, 3.05) is 18.4 Å². The van der Waals surface area contributed by atoms with Gasteiger partial charge in [-0.2, -0.15) is 5.10 Å². The number of primary sulfonamides is 1. The molecule has 0 bridgehead atoms. The maximum atomic E-state index is 13.4. The van der Waals surface area contributed by atoms with Gasteiger partial charge in [0.15, 0.2) is 5.69 Å². The number of anilines is 1. The summed E-state index contributed by atoms with van der Waals surface area (Å²) in [6.07, 6.45) is 2.57. The highest BCUT2D eigenvalue weighted by atomic mass is 32.2. The smallest absolute Gasteiger partial charge is 0.274 e. The number of halogens is 1. The first-order valence-corrected chi connectivity index (χ1v) is 11.8. The monoisotopic (exact) mass is 471 g/mol. The maximum absolute atomic E-state index is 13.4. The Hall–Kier alpha value is -3.57. The standard InChI is InChI=1S/C22H22FN5O4S/c23-16-2-1-3-18(14-16)28-13-10-20(26-28)22(30)27-11-8-15(9-12-27)21(29)25-17-4-6-19(7-5-17)33(24,31)32/h1-7,10,13-15H,8-9,11-12H2,(H,25,29)(H2,24,31,32). The summed E-state index contributed by atoms with van der Waals surface area (Å²) in [6, 6.07) is 13.1. The highest BCUT2D eigenvalue weighted by Crippen LogP contribution is 2.22. The number of nitrogens with two attached hydrogens (primary N) is 1. The van der Waals surface area contributed by atoms with Gasteiger partial charge in [-0.15, -0.1) is 0 Å². The van der Waals surface area contributed by atoms with Crippen LogP contribution in [-0.4, -0.2) is 48.0 Å². The average Bonchev–Trinajstić information content (AvgIpc) is 3.29. The topological polar surface area (TPSA) is 127 Å². The van der Waals surface area contributed by atoms with Gasteiger partial charge in [0.2, 0.25) is 15.9 Å². The van der Waals surface area contributed by atoms with E-state index in [1.54, 1.807) is 29.3 Å². The van der Waals surface area contributed by atoms with Gasteiger partial charge in [0, 0.05) is 30.9 Å². The molecule has 3 N–H and O–H groups in total. The molecule has 33 heavy (non-hydrogen) atoms. The van der Waals surface area contributed by atoms with Crippen molar-refractivity contribution in [1.82, 2.24) is 14.7 Å². The average molecular weight is 472 g/mol. The van der Waals surface area contributed by atoms with E-state index in [0.717, 1.165) is 0 Å². The number of carbonyl (C=O) groups is 2. The Balaban J connectivity index is 1.33. The number of likely N-dealkylation sites (tertiary alicyclic amines) is 1. The van der Waals surface area contributed by atoms with Crippen LogP contribution in [0.1, 0.15) is 23.3 Å². The Bertz CT molecular complexity index is 1280. The second kappa shape index (κ2) is 9.12. The molecule has 11 heteroatoms. The van der Waals surface area contributed by atoms with Gasteiger partial charge in [0.05, 0.1) is 10.6 Å². The molecule has 0 atom stereocenters. The fraction of sp³-hybridized carbons (Fsp3) is 0.227. The molecular weight excluding hydrogens is 449 g/mol. The van der Waals surface area contributed by atoms with Crippen molar-refractivity contribution in [3.63, 3.8) is 0 Å². The molecule has 0 unspecified atom stereocenters. The molecule has 4 rings (SSSR count). The van der Waals surface area contributed by atoms with Gasteiger partial charge in [-0.1, -0.05) is 6.07 Å². The molecule has 2 aromatic carbocycles. The molecule has 3 aromatic rings. The molecule has 0 radical (unpaired) electrons. The minimum Gasteiger partial charge on any atom is -0.337 e. The van der Waals surface area contributed by atoms with E-state index < -0.39 is 15.8 Å². The van der Waals surface area contributed by atoms with Crippen LogP contribution >= 0.6 is 0 Å². The summed E-state index contributed by atoms with van der Waals surface area (Å²) < 4.78 is 37.5. The zero-order valence-electron chi connectivity index (χ0n) is 17.5. The predicted molar refractivity (Wildman–Crippen MR) is 119 cm³/mol. The van der Waals surface area contributed by atoms with Gasteiger partial charge in [-0.3, -0.25) is 9.59 Å². The SMILES string of the molecule is NS(=O)(=O)c1ccc(NC(=O)C2CCN(C(=O)c3ccn(-c4cccc(F)c4)n3)CC2)cc1. The lowest BCUT2D eigenvalue weighted by Crippen LogP contribution is -2.41. The number of aromatic nitrogens is 2. The normalized spacial score (nSPS) is 14.8. The molecule has 0 spiro atoms. The quantitative estimate of drug-likeness (QED) is 0.589. The number of sulfonamides is 1. The third-order valence-electron chi connectivity index (χ3n) is 5.48. The number of hydrogen-bond acceptors (Lipinski definition) is 5. The number of rotatable bonds is 5. The second-order valence-corrected chi connectivity index (χ2v) is 9.31. The lowest BCUT2D eigenvalue weighted by Gasteiger charge is -2.30. The number of nitrogens with zero attached hydrogens (tertiary/aromatic N) is 3. The molecule has 2 heterocycles. The van der Waals surface area contributed by atoms with Gasteiger partial charge in [0.25, 0.3) is 5.91 Å². The van der Waals surface area contributed by atoms with E-state index in [0.29, 0.717) is 37.3 Å². The first-order valence-electron chi connectivity index (χ1n) is 10.3. The van der Waals surface area contributed by atoms with E-state index >= 15 is 0 Å². The Labute approximate surface area is 190 Å². The molecule has 1 aromatic heterocycles. The summed E-state index contributed by atoms with van der Waals surface area (Å²) in [7, 11) is -3.80. The van der Waals surface area contributed by atoms with Crippen molar-refractivity contribution in [1.29, 1.82) is 0 Å². The lowest BCUT2D eigenvalue weighted by molar-refractivity contribution is -0.121. The number of nitrogens with one attached hydrogen (secondary N) is 1. The Morgan fingerprint density at radius 1 is 1.06 bits per heavy atom. The van der Waals surface area contributed by atoms with Crippen LogP contribution in [0.15, 0.2) is 65.7 Å². The summed E-state index contributed by atoms with van der Waals surface area (Å²) in [5.74, 6) is -1.11. The molecule has 1 aliphatic rings. The molecular formula is C22H22FN5O4S. The first-order chi connectivity index (χ1) is 15.7. The van der Waals surface area contributed by atoms with Crippen molar-refractivity contribution in [2.24, 2.45) is 11.1 Å².